The number of rotatable bonds is 3. The Morgan fingerprint density at radius 2 is 0.984 bits per heavy atom. The van der Waals surface area contributed by atoms with Crippen LogP contribution in [0.4, 0.5) is 17.1 Å². The maximum Gasteiger partial charge on any atom is 0.146 e. The lowest BCUT2D eigenvalue weighted by Crippen LogP contribution is -2.11. The van der Waals surface area contributed by atoms with E-state index in [1.807, 2.05) is 0 Å². The van der Waals surface area contributed by atoms with Crippen molar-refractivity contribution in [3.8, 4) is 0 Å². The van der Waals surface area contributed by atoms with E-state index in [0.29, 0.717) is 0 Å². The monoisotopic (exact) mass is 784 g/mol. The van der Waals surface area contributed by atoms with E-state index < -0.39 is 0 Å². The molecule has 0 N–H and O–H groups in total. The van der Waals surface area contributed by atoms with Gasteiger partial charge in [-0.15, -0.1) is 0 Å². The van der Waals surface area contributed by atoms with Crippen molar-refractivity contribution >= 4 is 115 Å². The fourth-order valence-electron chi connectivity index (χ4n) is 10.7. The zero-order chi connectivity index (χ0) is 41.1. The number of hydrogen-bond acceptors (Lipinski definition) is 2. The molecule has 0 saturated heterocycles. The molecule has 292 valence electrons. The third kappa shape index (κ3) is 4.57. The molecule has 0 aliphatic carbocycles. The van der Waals surface area contributed by atoms with Gasteiger partial charge in [-0.2, -0.15) is 0 Å². The van der Waals surface area contributed by atoms with Gasteiger partial charge in [0.15, 0.2) is 0 Å². The molecule has 0 saturated carbocycles. The molecule has 0 radical (unpaired) electrons. The van der Waals surface area contributed by atoms with Crippen LogP contribution in [-0.2, 0) is 10.8 Å². The minimum absolute atomic E-state index is 0.0360. The zero-order valence-corrected chi connectivity index (χ0v) is 35.3. The lowest BCUT2D eigenvalue weighted by atomic mass is 9.84. The van der Waals surface area contributed by atoms with Crippen LogP contribution in [-0.4, -0.2) is 13.8 Å². The third-order valence-corrected chi connectivity index (χ3v) is 13.6. The van der Waals surface area contributed by atoms with Crippen molar-refractivity contribution in [2.24, 2.45) is 0 Å². The molecule has 13 aromatic rings. The average Bonchev–Trinajstić information content (AvgIpc) is 3.99. The molecule has 5 aromatic heterocycles. The SMILES string of the molecule is CC(C)(C)c1ccc2c(c1)c1cc(C(C)(C)C)cc3c4c5c6c7ccccc7cc7c8c9ccccc9cc(N(c9ccccc9)c9ccccc9)c8n(c5ncc4n2c13)c76. The molecule has 0 bridgehead atoms. The molecule has 13 rings (SSSR count). The smallest absolute Gasteiger partial charge is 0.146 e. The van der Waals surface area contributed by atoms with Crippen LogP contribution in [0.1, 0.15) is 52.7 Å². The van der Waals surface area contributed by atoms with Crippen molar-refractivity contribution in [2.75, 3.05) is 4.90 Å². The number of anilines is 3. The molecule has 0 aliphatic heterocycles. The molecule has 0 aliphatic rings. The Morgan fingerprint density at radius 3 is 1.66 bits per heavy atom. The van der Waals surface area contributed by atoms with E-state index >= 15 is 0 Å². The summed E-state index contributed by atoms with van der Waals surface area (Å²) in [6.45, 7) is 14.0. The maximum absolute atomic E-state index is 5.63. The summed E-state index contributed by atoms with van der Waals surface area (Å²) in [7, 11) is 0. The Morgan fingerprint density at radius 1 is 0.410 bits per heavy atom. The van der Waals surface area contributed by atoms with E-state index in [1.165, 1.54) is 92.3 Å². The standard InChI is InChI=1S/C57H44N4/c1-56(2,3)35-25-26-45-41(29-35)42-30-36(57(4,5)6)31-44-49-47(60(45)52(42)44)32-58-55-51(49)50-40-24-16-13-17-33(40)27-43-48-39-23-15-14-18-34(39)28-46(54(48)61(55)53(43)50)59(37-19-9-7-10-20-37)38-21-11-8-12-22-38/h7-32H,1-6H3. The van der Waals surface area contributed by atoms with E-state index in [4.69, 9.17) is 4.98 Å². The van der Waals surface area contributed by atoms with Crippen molar-refractivity contribution in [2.45, 2.75) is 52.4 Å². The summed E-state index contributed by atoms with van der Waals surface area (Å²) in [5, 5.41) is 15.1. The Labute approximate surface area is 353 Å². The van der Waals surface area contributed by atoms with Gasteiger partial charge in [0.2, 0.25) is 0 Å². The molecular formula is C57H44N4. The van der Waals surface area contributed by atoms with Gasteiger partial charge in [0, 0.05) is 54.5 Å². The van der Waals surface area contributed by atoms with Crippen LogP contribution in [0.25, 0.3) is 97.9 Å². The van der Waals surface area contributed by atoms with Gasteiger partial charge in [0.1, 0.15) is 5.65 Å². The highest BCUT2D eigenvalue weighted by Crippen LogP contribution is 2.52. The predicted octanol–water partition coefficient (Wildman–Crippen LogP) is 15.8. The lowest BCUT2D eigenvalue weighted by molar-refractivity contribution is 0.590. The van der Waals surface area contributed by atoms with Gasteiger partial charge in [0.05, 0.1) is 39.5 Å². The molecular weight excluding hydrogens is 741 g/mol. The van der Waals surface area contributed by atoms with E-state index in [2.05, 4.69) is 213 Å². The second-order valence-corrected chi connectivity index (χ2v) is 19.3. The van der Waals surface area contributed by atoms with Gasteiger partial charge < -0.3 is 9.30 Å². The number of pyridine rings is 1. The van der Waals surface area contributed by atoms with Crippen molar-refractivity contribution in [1.82, 2.24) is 13.8 Å². The first-order valence-electron chi connectivity index (χ1n) is 21.6. The van der Waals surface area contributed by atoms with E-state index in [1.54, 1.807) is 0 Å². The number of aromatic nitrogens is 3. The minimum Gasteiger partial charge on any atom is -0.308 e. The van der Waals surface area contributed by atoms with Gasteiger partial charge in [-0.25, -0.2) is 4.98 Å². The van der Waals surface area contributed by atoms with Crippen molar-refractivity contribution in [3.63, 3.8) is 0 Å². The summed E-state index contributed by atoms with van der Waals surface area (Å²) in [4.78, 5) is 8.07. The summed E-state index contributed by atoms with van der Waals surface area (Å²) in [5.74, 6) is 0. The fourth-order valence-corrected chi connectivity index (χ4v) is 10.7. The highest BCUT2D eigenvalue weighted by molar-refractivity contribution is 6.41. The van der Waals surface area contributed by atoms with Gasteiger partial charge in [-0.3, -0.25) is 4.40 Å². The second-order valence-electron chi connectivity index (χ2n) is 19.3. The Bertz CT molecular complexity index is 3890. The Hall–Kier alpha value is -7.17. The fraction of sp³-hybridized carbons (Fsp3) is 0.140. The molecule has 4 nitrogen and oxygen atoms in total. The van der Waals surface area contributed by atoms with Crippen LogP contribution in [0.2, 0.25) is 0 Å². The number of benzene rings is 8. The highest BCUT2D eigenvalue weighted by Gasteiger charge is 2.31. The van der Waals surface area contributed by atoms with Crippen LogP contribution in [0.5, 0.6) is 0 Å². The van der Waals surface area contributed by atoms with Crippen molar-refractivity contribution in [1.29, 1.82) is 0 Å². The molecule has 0 atom stereocenters. The summed E-state index contributed by atoms with van der Waals surface area (Å²) >= 11 is 0. The number of hydrogen-bond donors (Lipinski definition) is 0. The van der Waals surface area contributed by atoms with Gasteiger partial charge >= 0.3 is 0 Å². The lowest BCUT2D eigenvalue weighted by Gasteiger charge is -2.27. The number of fused-ring (bicyclic) bond motifs is 17. The Kier molecular flexibility index (Phi) is 6.69. The molecule has 0 fully saturated rings. The van der Waals surface area contributed by atoms with Crippen molar-refractivity contribution in [3.05, 3.63) is 169 Å². The molecule has 5 heterocycles. The van der Waals surface area contributed by atoms with Crippen LogP contribution in [0.3, 0.4) is 0 Å². The third-order valence-electron chi connectivity index (χ3n) is 13.6. The van der Waals surface area contributed by atoms with E-state index in [-0.39, 0.29) is 10.8 Å². The quantitative estimate of drug-likeness (QED) is 0.178. The minimum atomic E-state index is -0.0534. The van der Waals surface area contributed by atoms with Crippen LogP contribution in [0, 0.1) is 0 Å². The normalized spacial score (nSPS) is 13.1. The molecule has 8 aromatic carbocycles. The first-order valence-corrected chi connectivity index (χ1v) is 21.6. The zero-order valence-electron chi connectivity index (χ0n) is 35.3. The van der Waals surface area contributed by atoms with Crippen LogP contribution in [0.15, 0.2) is 158 Å². The van der Waals surface area contributed by atoms with E-state index in [0.717, 1.165) is 33.7 Å². The van der Waals surface area contributed by atoms with Crippen LogP contribution < -0.4 is 4.90 Å². The highest BCUT2D eigenvalue weighted by atomic mass is 15.2. The summed E-state index contributed by atoms with van der Waals surface area (Å²) in [6.07, 6.45) is 2.17. The molecule has 4 heteroatoms. The number of nitrogens with zero attached hydrogens (tertiary/aromatic N) is 4. The van der Waals surface area contributed by atoms with E-state index in [9.17, 15) is 0 Å². The first-order chi connectivity index (χ1) is 29.6. The summed E-state index contributed by atoms with van der Waals surface area (Å²) < 4.78 is 5.04. The topological polar surface area (TPSA) is 24.9 Å². The van der Waals surface area contributed by atoms with Gasteiger partial charge in [-0.1, -0.05) is 133 Å². The molecule has 0 amide bonds. The molecule has 61 heavy (non-hydrogen) atoms. The Balaban J connectivity index is 1.30. The second kappa shape index (κ2) is 11.8. The largest absolute Gasteiger partial charge is 0.308 e. The maximum atomic E-state index is 5.63. The predicted molar refractivity (Wildman–Crippen MR) is 261 cm³/mol. The van der Waals surface area contributed by atoms with Crippen molar-refractivity contribution < 1.29 is 0 Å². The number of para-hydroxylation sites is 2. The molecule has 0 unspecified atom stereocenters. The summed E-state index contributed by atoms with van der Waals surface area (Å²) in [6, 6.07) is 56.4. The van der Waals surface area contributed by atoms with Crippen LogP contribution >= 0.6 is 0 Å². The molecule has 0 spiro atoms. The first kappa shape index (κ1) is 34.7. The van der Waals surface area contributed by atoms with Gasteiger partial charge in [0.25, 0.3) is 0 Å². The van der Waals surface area contributed by atoms with Gasteiger partial charge in [-0.05, 0) is 104 Å². The summed E-state index contributed by atoms with van der Waals surface area (Å²) in [5.41, 5.74) is 13.1. The average molecular weight is 785 g/mol.